The highest BCUT2D eigenvalue weighted by Gasteiger charge is 2.30. The van der Waals surface area contributed by atoms with E-state index in [0.717, 1.165) is 25.8 Å². The van der Waals surface area contributed by atoms with Gasteiger partial charge < -0.3 is 9.47 Å². The summed E-state index contributed by atoms with van der Waals surface area (Å²) in [6.45, 7) is 4.21. The number of aromatic nitrogens is 4. The summed E-state index contributed by atoms with van der Waals surface area (Å²) in [7, 11) is 2.10. The first kappa shape index (κ1) is 16.8. The Morgan fingerprint density at radius 2 is 2.24 bits per heavy atom. The Balaban J connectivity index is 1.71. The van der Waals surface area contributed by atoms with E-state index in [0.29, 0.717) is 36.3 Å². The third-order valence-corrected chi connectivity index (χ3v) is 5.36. The molecule has 2 aromatic rings. The van der Waals surface area contributed by atoms with E-state index in [-0.39, 0.29) is 23.1 Å². The van der Waals surface area contributed by atoms with Crippen LogP contribution in [0.1, 0.15) is 32.2 Å². The number of imidazole rings is 1. The number of nitrogens with zero attached hydrogens (tertiary/aromatic N) is 4. The number of fused-ring (bicyclic) bond motifs is 1. The first-order valence-corrected chi connectivity index (χ1v) is 9.05. The number of H-pyrrole nitrogens is 1. The molecule has 2 saturated heterocycles. The number of hydrogen-bond donors (Lipinski definition) is 1. The molecular formula is C16H22ClN5O3. The molecule has 2 aliphatic rings. The first-order chi connectivity index (χ1) is 12.0. The van der Waals surface area contributed by atoms with Crippen molar-refractivity contribution >= 4 is 22.8 Å². The van der Waals surface area contributed by atoms with Crippen molar-refractivity contribution in [3.63, 3.8) is 0 Å². The van der Waals surface area contributed by atoms with E-state index in [2.05, 4.69) is 26.9 Å². The molecule has 0 spiro atoms. The van der Waals surface area contributed by atoms with Gasteiger partial charge in [0, 0.05) is 12.6 Å². The van der Waals surface area contributed by atoms with Crippen LogP contribution < -0.4 is 10.4 Å². The van der Waals surface area contributed by atoms with Gasteiger partial charge in [-0.15, -0.1) is 0 Å². The summed E-state index contributed by atoms with van der Waals surface area (Å²) < 4.78 is 13.1. The molecule has 0 aromatic carbocycles. The number of hydrogen-bond acceptors (Lipinski definition) is 6. The number of likely N-dealkylation sites (tertiary alicyclic amines) is 1. The lowest BCUT2D eigenvalue weighted by molar-refractivity contribution is 0.118. The van der Waals surface area contributed by atoms with Crippen LogP contribution in [0.15, 0.2) is 4.79 Å². The number of ether oxygens (including phenoxy) is 2. The van der Waals surface area contributed by atoms with Crippen molar-refractivity contribution < 1.29 is 9.47 Å². The Kier molecular flexibility index (Phi) is 4.43. The van der Waals surface area contributed by atoms with Gasteiger partial charge in [0.2, 0.25) is 11.2 Å². The number of aromatic amines is 1. The quantitative estimate of drug-likeness (QED) is 0.826. The van der Waals surface area contributed by atoms with Crippen LogP contribution in [0, 0.1) is 0 Å². The second-order valence-corrected chi connectivity index (χ2v) is 7.17. The molecule has 0 bridgehead atoms. The summed E-state index contributed by atoms with van der Waals surface area (Å²) in [5.41, 5.74) is 0.730. The lowest BCUT2D eigenvalue weighted by Crippen LogP contribution is -2.38. The Morgan fingerprint density at radius 1 is 1.40 bits per heavy atom. The normalized spacial score (nSPS) is 25.7. The molecule has 0 unspecified atom stereocenters. The van der Waals surface area contributed by atoms with Crippen molar-refractivity contribution in [2.24, 2.45) is 0 Å². The molecule has 2 fully saturated rings. The van der Waals surface area contributed by atoms with Gasteiger partial charge in [-0.3, -0.25) is 14.5 Å². The van der Waals surface area contributed by atoms with Crippen LogP contribution in [0.2, 0.25) is 5.28 Å². The smallest absolute Gasteiger partial charge is 0.328 e. The van der Waals surface area contributed by atoms with Gasteiger partial charge in [-0.05, 0) is 51.4 Å². The van der Waals surface area contributed by atoms with Crippen LogP contribution in [0.5, 0.6) is 5.88 Å². The fourth-order valence-electron chi connectivity index (χ4n) is 3.88. The van der Waals surface area contributed by atoms with Gasteiger partial charge in [0.15, 0.2) is 5.65 Å². The number of likely N-dealkylation sites (N-methyl/N-ethyl adjacent to an activating group) is 1. The van der Waals surface area contributed by atoms with Crippen LogP contribution in [0.25, 0.3) is 11.2 Å². The van der Waals surface area contributed by atoms with Crippen LogP contribution in [0.4, 0.5) is 0 Å². The molecule has 1 N–H and O–H groups in total. The Morgan fingerprint density at radius 3 is 2.92 bits per heavy atom. The number of rotatable bonds is 4. The van der Waals surface area contributed by atoms with Gasteiger partial charge in [0.05, 0.1) is 12.6 Å². The molecule has 2 aromatic heterocycles. The van der Waals surface area contributed by atoms with E-state index in [4.69, 9.17) is 21.1 Å². The third kappa shape index (κ3) is 3.02. The maximum absolute atomic E-state index is 12.5. The summed E-state index contributed by atoms with van der Waals surface area (Å²) in [5, 5.41) is 0.0705. The van der Waals surface area contributed by atoms with Crippen molar-refractivity contribution in [2.45, 2.75) is 44.4 Å². The molecule has 9 heteroatoms. The number of nitrogens with one attached hydrogen (secondary N) is 1. The maximum atomic E-state index is 12.5. The second-order valence-electron chi connectivity index (χ2n) is 6.83. The molecule has 0 aliphatic carbocycles. The highest BCUT2D eigenvalue weighted by Crippen LogP contribution is 2.28. The molecule has 25 heavy (non-hydrogen) atoms. The molecule has 0 saturated carbocycles. The SMILES string of the molecule is C[C@H](Oc1nc(Cl)nc2c1[nH]c(=O)n2[C@@H]1CCOC1)[C@@H]1CCCN1C. The highest BCUT2D eigenvalue weighted by atomic mass is 35.5. The topological polar surface area (TPSA) is 85.3 Å². The van der Waals surface area contributed by atoms with Gasteiger partial charge in [0.1, 0.15) is 11.6 Å². The average molecular weight is 368 g/mol. The minimum Gasteiger partial charge on any atom is -0.471 e. The molecule has 4 heterocycles. The van der Waals surface area contributed by atoms with Crippen LogP contribution in [-0.4, -0.2) is 63.4 Å². The minimum absolute atomic E-state index is 0.0431. The first-order valence-electron chi connectivity index (χ1n) is 8.67. The summed E-state index contributed by atoms with van der Waals surface area (Å²) in [6, 6.07) is 0.277. The van der Waals surface area contributed by atoms with Crippen molar-refractivity contribution in [1.29, 1.82) is 0 Å². The molecule has 0 radical (unpaired) electrons. The van der Waals surface area contributed by atoms with Gasteiger partial charge in [-0.2, -0.15) is 9.97 Å². The molecule has 2 aliphatic heterocycles. The summed E-state index contributed by atoms with van der Waals surface area (Å²) in [6.07, 6.45) is 2.94. The molecule has 0 amide bonds. The van der Waals surface area contributed by atoms with Crippen LogP contribution in [-0.2, 0) is 4.74 Å². The predicted molar refractivity (Wildman–Crippen MR) is 93.4 cm³/mol. The zero-order valence-electron chi connectivity index (χ0n) is 14.4. The lowest BCUT2D eigenvalue weighted by Gasteiger charge is -2.26. The van der Waals surface area contributed by atoms with E-state index in [1.807, 2.05) is 6.92 Å². The largest absolute Gasteiger partial charge is 0.471 e. The van der Waals surface area contributed by atoms with Crippen LogP contribution >= 0.6 is 11.6 Å². The fraction of sp³-hybridized carbons (Fsp3) is 0.688. The highest BCUT2D eigenvalue weighted by molar-refractivity contribution is 6.28. The van der Waals surface area contributed by atoms with Crippen molar-refractivity contribution in [3.8, 4) is 5.88 Å². The molecule has 136 valence electrons. The van der Waals surface area contributed by atoms with E-state index in [1.165, 1.54) is 0 Å². The van der Waals surface area contributed by atoms with Gasteiger partial charge in [-0.1, -0.05) is 0 Å². The van der Waals surface area contributed by atoms with Gasteiger partial charge in [0.25, 0.3) is 0 Å². The lowest BCUT2D eigenvalue weighted by atomic mass is 10.1. The zero-order chi connectivity index (χ0) is 17.6. The third-order valence-electron chi connectivity index (χ3n) is 5.20. The van der Waals surface area contributed by atoms with Gasteiger partial charge in [-0.25, -0.2) is 4.79 Å². The van der Waals surface area contributed by atoms with E-state index in [9.17, 15) is 4.79 Å². The van der Waals surface area contributed by atoms with E-state index >= 15 is 0 Å². The van der Waals surface area contributed by atoms with Crippen molar-refractivity contribution in [2.75, 3.05) is 26.8 Å². The predicted octanol–water partition coefficient (Wildman–Crippen LogP) is 1.60. The summed E-state index contributed by atoms with van der Waals surface area (Å²) in [4.78, 5) is 26.1. The summed E-state index contributed by atoms with van der Waals surface area (Å²) in [5.74, 6) is 0.331. The standard InChI is InChI=1S/C16H22ClN5O3/c1-9(11-4-3-6-21(11)2)25-14-12-13(19-15(17)20-14)22(16(23)18-12)10-5-7-24-8-10/h9-11H,3-8H2,1-2H3,(H,18,23)/t9-,10+,11-/m0/s1. The van der Waals surface area contributed by atoms with E-state index < -0.39 is 0 Å². The van der Waals surface area contributed by atoms with E-state index in [1.54, 1.807) is 4.57 Å². The molecule has 4 rings (SSSR count). The van der Waals surface area contributed by atoms with Crippen molar-refractivity contribution in [3.05, 3.63) is 15.8 Å². The molecule has 3 atom stereocenters. The van der Waals surface area contributed by atoms with Crippen LogP contribution in [0.3, 0.4) is 0 Å². The number of halogens is 1. The maximum Gasteiger partial charge on any atom is 0.328 e. The molecular weight excluding hydrogens is 346 g/mol. The minimum atomic E-state index is -0.238. The Bertz CT molecular complexity index is 829. The Labute approximate surface area is 150 Å². The Hall–Kier alpha value is -1.64. The second kappa shape index (κ2) is 6.59. The van der Waals surface area contributed by atoms with Crippen molar-refractivity contribution in [1.82, 2.24) is 24.4 Å². The monoisotopic (exact) mass is 367 g/mol. The van der Waals surface area contributed by atoms with Gasteiger partial charge >= 0.3 is 5.69 Å². The summed E-state index contributed by atoms with van der Waals surface area (Å²) >= 11 is 6.11. The average Bonchev–Trinajstić information content (AvgIpc) is 3.27. The fourth-order valence-corrected chi connectivity index (χ4v) is 4.04. The molecule has 8 nitrogen and oxygen atoms in total. The zero-order valence-corrected chi connectivity index (χ0v) is 15.1.